The van der Waals surface area contributed by atoms with Gasteiger partial charge in [-0.3, -0.25) is 0 Å². The van der Waals surface area contributed by atoms with E-state index in [0.29, 0.717) is 11.1 Å². The molecule has 17 heavy (non-hydrogen) atoms. The zero-order valence-electron chi connectivity index (χ0n) is 10.1. The van der Waals surface area contributed by atoms with Crippen LogP contribution in [0.5, 0.6) is 0 Å². The first-order chi connectivity index (χ1) is 8.08. The summed E-state index contributed by atoms with van der Waals surface area (Å²) in [5, 5.41) is 4.89. The second-order valence-corrected chi connectivity index (χ2v) is 4.91. The van der Waals surface area contributed by atoms with Gasteiger partial charge in [-0.2, -0.15) is 0 Å². The highest BCUT2D eigenvalue weighted by Crippen LogP contribution is 2.26. The highest BCUT2D eigenvalue weighted by molar-refractivity contribution is 6.33. The van der Waals surface area contributed by atoms with Crippen LogP contribution < -0.4 is 5.32 Å². The zero-order valence-corrected chi connectivity index (χ0v) is 11.6. The summed E-state index contributed by atoms with van der Waals surface area (Å²) in [6.45, 7) is 4.18. The van der Waals surface area contributed by atoms with Crippen LogP contribution in [0.2, 0.25) is 10.0 Å². The predicted octanol–water partition coefficient (Wildman–Crippen LogP) is 4.45. The van der Waals surface area contributed by atoms with Crippen molar-refractivity contribution >= 4 is 23.2 Å². The Bertz CT molecular complexity index is 409. The van der Waals surface area contributed by atoms with E-state index in [9.17, 15) is 0 Å². The molecule has 0 bridgehead atoms. The molecular formula is C14H17Cl2N. The van der Waals surface area contributed by atoms with E-state index in [1.54, 1.807) is 6.07 Å². The second kappa shape index (κ2) is 6.91. The summed E-state index contributed by atoms with van der Waals surface area (Å²) in [5.74, 6) is 2.68. The Hall–Kier alpha value is -0.680. The van der Waals surface area contributed by atoms with Gasteiger partial charge in [0, 0.05) is 28.5 Å². The van der Waals surface area contributed by atoms with Gasteiger partial charge in [0.1, 0.15) is 0 Å². The van der Waals surface area contributed by atoms with Gasteiger partial charge in [0.15, 0.2) is 0 Å². The molecule has 1 nitrogen and oxygen atoms in total. The van der Waals surface area contributed by atoms with Crippen LogP contribution in [0.25, 0.3) is 0 Å². The smallest absolute Gasteiger partial charge is 0.0454 e. The maximum absolute atomic E-state index is 6.16. The molecule has 0 spiro atoms. The molecule has 1 aromatic rings. The Morgan fingerprint density at radius 1 is 1.41 bits per heavy atom. The van der Waals surface area contributed by atoms with E-state index in [1.807, 2.05) is 12.1 Å². The molecule has 92 valence electrons. The van der Waals surface area contributed by atoms with Gasteiger partial charge in [-0.05, 0) is 37.1 Å². The van der Waals surface area contributed by atoms with Crippen LogP contribution in [0.1, 0.15) is 38.3 Å². The number of hydrogen-bond donors (Lipinski definition) is 1. The fraction of sp³-hybridized carbons (Fsp3) is 0.429. The van der Waals surface area contributed by atoms with Crippen molar-refractivity contribution in [1.29, 1.82) is 0 Å². The molecule has 1 rings (SSSR count). The molecule has 1 aromatic carbocycles. The average molecular weight is 270 g/mol. The molecule has 0 fully saturated rings. The van der Waals surface area contributed by atoms with Gasteiger partial charge in [0.2, 0.25) is 0 Å². The van der Waals surface area contributed by atoms with E-state index < -0.39 is 0 Å². The monoisotopic (exact) mass is 269 g/mol. The van der Waals surface area contributed by atoms with Crippen LogP contribution in [0.15, 0.2) is 18.2 Å². The number of hydrogen-bond acceptors (Lipinski definition) is 1. The van der Waals surface area contributed by atoms with E-state index in [1.165, 1.54) is 0 Å². The van der Waals surface area contributed by atoms with Gasteiger partial charge in [-0.25, -0.2) is 0 Å². The summed E-state index contributed by atoms with van der Waals surface area (Å²) in [6.07, 6.45) is 7.05. The van der Waals surface area contributed by atoms with Crippen LogP contribution in [-0.4, -0.2) is 6.04 Å². The Labute approximate surface area is 114 Å². The largest absolute Gasteiger partial charge is 0.306 e. The molecule has 3 heteroatoms. The Morgan fingerprint density at radius 3 is 2.71 bits per heavy atom. The van der Waals surface area contributed by atoms with Crippen molar-refractivity contribution in [2.24, 2.45) is 0 Å². The first-order valence-corrected chi connectivity index (χ1v) is 6.48. The molecule has 2 atom stereocenters. The number of halogens is 2. The highest BCUT2D eigenvalue weighted by Gasteiger charge is 2.13. The number of nitrogens with one attached hydrogen (secondary N) is 1. The molecule has 0 amide bonds. The predicted molar refractivity (Wildman–Crippen MR) is 75.5 cm³/mol. The number of terminal acetylenes is 1. The number of rotatable bonds is 5. The molecule has 0 radical (unpaired) electrons. The first kappa shape index (κ1) is 14.4. The summed E-state index contributed by atoms with van der Waals surface area (Å²) in [7, 11) is 0. The quantitative estimate of drug-likeness (QED) is 0.779. The van der Waals surface area contributed by atoms with E-state index in [4.69, 9.17) is 29.6 Å². The van der Waals surface area contributed by atoms with Crippen molar-refractivity contribution < 1.29 is 0 Å². The van der Waals surface area contributed by atoms with Crippen LogP contribution in [0, 0.1) is 12.3 Å². The third kappa shape index (κ3) is 4.24. The van der Waals surface area contributed by atoms with Crippen molar-refractivity contribution in [2.75, 3.05) is 0 Å². The normalized spacial score (nSPS) is 14.1. The van der Waals surface area contributed by atoms with E-state index in [-0.39, 0.29) is 6.04 Å². The van der Waals surface area contributed by atoms with Crippen molar-refractivity contribution in [3.63, 3.8) is 0 Å². The maximum Gasteiger partial charge on any atom is 0.0454 e. The number of benzene rings is 1. The molecule has 0 aliphatic rings. The van der Waals surface area contributed by atoms with Crippen LogP contribution in [-0.2, 0) is 0 Å². The highest BCUT2D eigenvalue weighted by atomic mass is 35.5. The van der Waals surface area contributed by atoms with Gasteiger partial charge < -0.3 is 5.32 Å². The molecule has 1 N–H and O–H groups in total. The lowest BCUT2D eigenvalue weighted by molar-refractivity contribution is 0.449. The summed E-state index contributed by atoms with van der Waals surface area (Å²) < 4.78 is 0. The molecule has 0 aliphatic heterocycles. The van der Waals surface area contributed by atoms with E-state index >= 15 is 0 Å². The molecular weight excluding hydrogens is 253 g/mol. The average Bonchev–Trinajstić information content (AvgIpc) is 2.31. The second-order valence-electron chi connectivity index (χ2n) is 4.07. The third-order valence-corrected chi connectivity index (χ3v) is 3.35. The Morgan fingerprint density at radius 2 is 2.12 bits per heavy atom. The minimum Gasteiger partial charge on any atom is -0.306 e. The summed E-state index contributed by atoms with van der Waals surface area (Å²) >= 11 is 12.1. The van der Waals surface area contributed by atoms with E-state index in [2.05, 4.69) is 25.1 Å². The fourth-order valence-corrected chi connectivity index (χ4v) is 2.21. The van der Waals surface area contributed by atoms with E-state index in [0.717, 1.165) is 23.4 Å². The molecule has 0 saturated heterocycles. The summed E-state index contributed by atoms with van der Waals surface area (Å²) in [5.41, 5.74) is 1.01. The van der Waals surface area contributed by atoms with Crippen LogP contribution in [0.3, 0.4) is 0 Å². The Balaban J connectivity index is 2.78. The lowest BCUT2D eigenvalue weighted by Crippen LogP contribution is -2.30. The first-order valence-electron chi connectivity index (χ1n) is 5.73. The summed E-state index contributed by atoms with van der Waals surface area (Å²) in [4.78, 5) is 0. The van der Waals surface area contributed by atoms with Crippen LogP contribution in [0.4, 0.5) is 0 Å². The van der Waals surface area contributed by atoms with Gasteiger partial charge in [0.05, 0.1) is 0 Å². The third-order valence-electron chi connectivity index (χ3n) is 2.77. The molecule has 0 aromatic heterocycles. The minimum atomic E-state index is 0.138. The van der Waals surface area contributed by atoms with Crippen molar-refractivity contribution in [2.45, 2.75) is 38.8 Å². The molecule has 2 unspecified atom stereocenters. The van der Waals surface area contributed by atoms with Gasteiger partial charge in [0.25, 0.3) is 0 Å². The van der Waals surface area contributed by atoms with Gasteiger partial charge in [-0.15, -0.1) is 12.3 Å². The fourth-order valence-electron chi connectivity index (χ4n) is 1.75. The zero-order chi connectivity index (χ0) is 12.8. The topological polar surface area (TPSA) is 12.0 Å². The Kier molecular flexibility index (Phi) is 5.85. The SMILES string of the molecule is C#CCC(CC)NC(C)c1cc(Cl)ccc1Cl. The lowest BCUT2D eigenvalue weighted by atomic mass is 10.1. The standard InChI is InChI=1S/C14H17Cl2N/c1-4-6-12(5-2)17-10(3)13-9-11(15)7-8-14(13)16/h1,7-10,12,17H,5-6H2,2-3H3. The van der Waals surface area contributed by atoms with Gasteiger partial charge in [-0.1, -0.05) is 30.1 Å². The molecule has 0 aliphatic carbocycles. The maximum atomic E-state index is 6.16. The van der Waals surface area contributed by atoms with Gasteiger partial charge >= 0.3 is 0 Å². The van der Waals surface area contributed by atoms with Crippen LogP contribution >= 0.6 is 23.2 Å². The van der Waals surface area contributed by atoms with Crippen molar-refractivity contribution in [3.05, 3.63) is 33.8 Å². The molecule has 0 heterocycles. The minimum absolute atomic E-state index is 0.138. The molecule has 0 saturated carbocycles. The lowest BCUT2D eigenvalue weighted by Gasteiger charge is -2.22. The van der Waals surface area contributed by atoms with Crippen molar-refractivity contribution in [1.82, 2.24) is 5.32 Å². The van der Waals surface area contributed by atoms with Crippen molar-refractivity contribution in [3.8, 4) is 12.3 Å². The summed E-state index contributed by atoms with van der Waals surface area (Å²) in [6, 6.07) is 5.95.